The number of amides is 1. The van der Waals surface area contributed by atoms with Crippen molar-refractivity contribution in [3.05, 3.63) is 77.3 Å². The van der Waals surface area contributed by atoms with Crippen molar-refractivity contribution in [2.24, 2.45) is 0 Å². The lowest BCUT2D eigenvalue weighted by Crippen LogP contribution is -2.30. The van der Waals surface area contributed by atoms with Crippen LogP contribution in [0, 0.1) is 19.7 Å². The minimum Gasteiger partial charge on any atom is -0.467 e. The molecule has 2 heterocycles. The van der Waals surface area contributed by atoms with Gasteiger partial charge in [0.2, 0.25) is 0 Å². The van der Waals surface area contributed by atoms with Crippen molar-refractivity contribution in [1.82, 2.24) is 4.57 Å². The van der Waals surface area contributed by atoms with Crippen LogP contribution in [-0.4, -0.2) is 22.5 Å². The molecule has 7 heteroatoms. The Labute approximate surface area is 161 Å². The molecule has 3 rings (SSSR count). The lowest BCUT2D eigenvalue weighted by atomic mass is 10.2. The zero-order chi connectivity index (χ0) is 20.3. The van der Waals surface area contributed by atoms with Gasteiger partial charge in [-0.3, -0.25) is 4.79 Å². The zero-order valence-corrected chi connectivity index (χ0v) is 15.9. The molecule has 1 aromatic carbocycles. The molecule has 0 aliphatic heterocycles. The molecule has 0 fully saturated rings. The van der Waals surface area contributed by atoms with Crippen molar-refractivity contribution >= 4 is 17.6 Å². The first-order valence-corrected chi connectivity index (χ1v) is 8.81. The number of nitrogens with one attached hydrogen (secondary N) is 1. The number of carbonyl (C=O) groups is 2. The van der Waals surface area contributed by atoms with Gasteiger partial charge < -0.3 is 19.0 Å². The number of hydrogen-bond acceptors (Lipinski definition) is 4. The van der Waals surface area contributed by atoms with E-state index in [9.17, 15) is 14.0 Å². The number of nitrogens with zero attached hydrogens (tertiary/aromatic N) is 1. The van der Waals surface area contributed by atoms with Crippen LogP contribution in [0.1, 0.15) is 34.4 Å². The molecule has 1 atom stereocenters. The fourth-order valence-electron chi connectivity index (χ4n) is 2.86. The maximum absolute atomic E-state index is 12.9. The summed E-state index contributed by atoms with van der Waals surface area (Å²) in [4.78, 5) is 24.8. The predicted octanol–water partition coefficient (Wildman–Crippen LogP) is 4.07. The highest BCUT2D eigenvalue weighted by atomic mass is 19.1. The van der Waals surface area contributed by atoms with Crippen LogP contribution >= 0.6 is 0 Å². The van der Waals surface area contributed by atoms with Crippen LogP contribution in [0.25, 0.3) is 0 Å². The van der Waals surface area contributed by atoms with E-state index in [0.717, 1.165) is 17.1 Å². The summed E-state index contributed by atoms with van der Waals surface area (Å²) in [5.74, 6) is -0.707. The Bertz CT molecular complexity index is 975. The molecule has 0 saturated carbocycles. The van der Waals surface area contributed by atoms with Crippen LogP contribution in [0.5, 0.6) is 0 Å². The molecule has 0 radical (unpaired) electrons. The Balaban J connectivity index is 1.66. The molecule has 1 amide bonds. The van der Waals surface area contributed by atoms with Gasteiger partial charge in [-0.25, -0.2) is 9.18 Å². The molecule has 0 aliphatic carbocycles. The number of halogens is 1. The Hall–Kier alpha value is -3.35. The quantitative estimate of drug-likeness (QED) is 0.650. The lowest BCUT2D eigenvalue weighted by Gasteiger charge is -2.14. The molecule has 0 aliphatic rings. The summed E-state index contributed by atoms with van der Waals surface area (Å²) in [5.41, 5.74) is 2.42. The largest absolute Gasteiger partial charge is 0.467 e. The summed E-state index contributed by atoms with van der Waals surface area (Å²) in [7, 11) is 0. The van der Waals surface area contributed by atoms with Crippen LogP contribution in [-0.2, 0) is 16.1 Å². The number of aryl methyl sites for hydroxylation is 1. The topological polar surface area (TPSA) is 73.5 Å². The standard InChI is InChI=1S/C21H21FN2O4/c1-13-11-19(14(2)24(13)12-18-5-4-10-27-18)21(26)28-15(3)20(25)23-17-8-6-16(22)7-9-17/h4-11,15H,12H2,1-3H3,(H,23,25)/t15-/m1/s1. The van der Waals surface area contributed by atoms with Crippen molar-refractivity contribution in [3.63, 3.8) is 0 Å². The average Bonchev–Trinajstić information content (AvgIpc) is 3.27. The number of ether oxygens (including phenoxy) is 1. The molecule has 6 nitrogen and oxygen atoms in total. The third-order valence-corrected chi connectivity index (χ3v) is 4.45. The SMILES string of the molecule is Cc1cc(C(=O)O[C@H](C)C(=O)Nc2ccc(F)cc2)c(C)n1Cc1ccco1. The summed E-state index contributed by atoms with van der Waals surface area (Å²) < 4.78 is 25.6. The first-order chi connectivity index (χ1) is 13.3. The maximum atomic E-state index is 12.9. The fourth-order valence-corrected chi connectivity index (χ4v) is 2.86. The van der Waals surface area contributed by atoms with Crippen LogP contribution in [0.3, 0.4) is 0 Å². The number of hydrogen-bond donors (Lipinski definition) is 1. The van der Waals surface area contributed by atoms with Gasteiger partial charge in [-0.05, 0) is 63.2 Å². The average molecular weight is 384 g/mol. The van der Waals surface area contributed by atoms with Gasteiger partial charge in [0.1, 0.15) is 11.6 Å². The van der Waals surface area contributed by atoms with E-state index in [0.29, 0.717) is 17.8 Å². The molecular weight excluding hydrogens is 363 g/mol. The summed E-state index contributed by atoms with van der Waals surface area (Å²) in [6, 6.07) is 10.7. The van der Waals surface area contributed by atoms with Gasteiger partial charge >= 0.3 is 5.97 Å². The van der Waals surface area contributed by atoms with E-state index in [1.165, 1.54) is 31.2 Å². The maximum Gasteiger partial charge on any atom is 0.340 e. The molecule has 0 saturated heterocycles. The summed E-state index contributed by atoms with van der Waals surface area (Å²) in [6.45, 7) is 5.69. The predicted molar refractivity (Wildman–Crippen MR) is 102 cm³/mol. The molecule has 2 aromatic heterocycles. The number of anilines is 1. The second-order valence-electron chi connectivity index (χ2n) is 6.49. The molecule has 3 aromatic rings. The van der Waals surface area contributed by atoms with Gasteiger partial charge in [-0.1, -0.05) is 0 Å². The van der Waals surface area contributed by atoms with E-state index in [-0.39, 0.29) is 0 Å². The molecule has 0 unspecified atom stereocenters. The van der Waals surface area contributed by atoms with Crippen LogP contribution in [0.15, 0.2) is 53.1 Å². The number of esters is 1. The van der Waals surface area contributed by atoms with E-state index in [1.54, 1.807) is 18.4 Å². The Morgan fingerprint density at radius 3 is 2.57 bits per heavy atom. The van der Waals surface area contributed by atoms with Crippen molar-refractivity contribution in [2.75, 3.05) is 5.32 Å². The smallest absolute Gasteiger partial charge is 0.340 e. The molecule has 1 N–H and O–H groups in total. The fraction of sp³-hybridized carbons (Fsp3) is 0.238. The lowest BCUT2D eigenvalue weighted by molar-refractivity contribution is -0.123. The van der Waals surface area contributed by atoms with Crippen molar-refractivity contribution in [1.29, 1.82) is 0 Å². The third kappa shape index (κ3) is 4.31. The highest BCUT2D eigenvalue weighted by molar-refractivity contribution is 5.97. The first-order valence-electron chi connectivity index (χ1n) is 8.81. The van der Waals surface area contributed by atoms with Crippen LogP contribution in [0.2, 0.25) is 0 Å². The highest BCUT2D eigenvalue weighted by Gasteiger charge is 2.23. The van der Waals surface area contributed by atoms with E-state index < -0.39 is 23.8 Å². The van der Waals surface area contributed by atoms with Gasteiger partial charge in [0.15, 0.2) is 6.10 Å². The number of aromatic nitrogens is 1. The molecular formula is C21H21FN2O4. The molecule has 0 spiro atoms. The van der Waals surface area contributed by atoms with Crippen molar-refractivity contribution in [2.45, 2.75) is 33.4 Å². The summed E-state index contributed by atoms with van der Waals surface area (Å²) in [6.07, 6.45) is 0.589. The van der Waals surface area contributed by atoms with Gasteiger partial charge in [-0.2, -0.15) is 0 Å². The Kier molecular flexibility index (Phi) is 5.63. The van der Waals surface area contributed by atoms with E-state index in [4.69, 9.17) is 9.15 Å². The number of furan rings is 1. The van der Waals surface area contributed by atoms with Gasteiger partial charge in [0.25, 0.3) is 5.91 Å². The Morgan fingerprint density at radius 2 is 1.93 bits per heavy atom. The van der Waals surface area contributed by atoms with Crippen molar-refractivity contribution < 1.29 is 23.1 Å². The van der Waals surface area contributed by atoms with Crippen LogP contribution < -0.4 is 5.32 Å². The summed E-state index contributed by atoms with van der Waals surface area (Å²) >= 11 is 0. The number of rotatable bonds is 6. The number of carbonyl (C=O) groups excluding carboxylic acids is 2. The number of benzene rings is 1. The van der Waals surface area contributed by atoms with Crippen molar-refractivity contribution in [3.8, 4) is 0 Å². The molecule has 28 heavy (non-hydrogen) atoms. The molecule has 0 bridgehead atoms. The van der Waals surface area contributed by atoms with Gasteiger partial charge in [0, 0.05) is 17.1 Å². The first kappa shape index (κ1) is 19.4. The Morgan fingerprint density at radius 1 is 1.21 bits per heavy atom. The van der Waals surface area contributed by atoms with Gasteiger partial charge in [0.05, 0.1) is 18.4 Å². The minimum absolute atomic E-state index is 0.394. The minimum atomic E-state index is -1.01. The monoisotopic (exact) mass is 384 g/mol. The van der Waals surface area contributed by atoms with Gasteiger partial charge in [-0.15, -0.1) is 0 Å². The van der Waals surface area contributed by atoms with E-state index >= 15 is 0 Å². The highest BCUT2D eigenvalue weighted by Crippen LogP contribution is 2.19. The second-order valence-corrected chi connectivity index (χ2v) is 6.49. The molecule has 146 valence electrons. The third-order valence-electron chi connectivity index (χ3n) is 4.45. The van der Waals surface area contributed by atoms with Crippen LogP contribution in [0.4, 0.5) is 10.1 Å². The summed E-state index contributed by atoms with van der Waals surface area (Å²) in [5, 5.41) is 2.59. The normalized spacial score (nSPS) is 11.9. The van der Waals surface area contributed by atoms with E-state index in [2.05, 4.69) is 5.32 Å². The second kappa shape index (κ2) is 8.12. The van der Waals surface area contributed by atoms with E-state index in [1.807, 2.05) is 24.5 Å². The zero-order valence-electron chi connectivity index (χ0n) is 15.9.